The molecule has 1 atom stereocenters. The van der Waals surface area contributed by atoms with E-state index in [4.69, 9.17) is 11.6 Å². The summed E-state index contributed by atoms with van der Waals surface area (Å²) in [5.41, 5.74) is -2.90. The Bertz CT molecular complexity index is 562. The molecule has 0 saturated carbocycles. The number of carbonyl (C=O) groups excluding carboxylic acids is 1. The van der Waals surface area contributed by atoms with Crippen molar-refractivity contribution in [2.24, 2.45) is 0 Å². The van der Waals surface area contributed by atoms with Gasteiger partial charge >= 0.3 is 5.69 Å². The number of halogens is 3. The van der Waals surface area contributed by atoms with E-state index in [0.29, 0.717) is 12.1 Å². The summed E-state index contributed by atoms with van der Waals surface area (Å²) in [5, 5.41) is 12.4. The van der Waals surface area contributed by atoms with Crippen molar-refractivity contribution < 1.29 is 18.5 Å². The fourth-order valence-corrected chi connectivity index (χ4v) is 1.40. The van der Waals surface area contributed by atoms with Crippen LogP contribution in [0.4, 0.5) is 14.5 Å². The second-order valence-corrected chi connectivity index (χ2v) is 5.46. The van der Waals surface area contributed by atoms with Gasteiger partial charge in [-0.25, -0.2) is 4.39 Å². The first kappa shape index (κ1) is 16.3. The largest absolute Gasteiger partial charge is 0.345 e. The van der Waals surface area contributed by atoms with Crippen molar-refractivity contribution in [3.63, 3.8) is 0 Å². The van der Waals surface area contributed by atoms with Crippen LogP contribution in [0, 0.1) is 21.7 Å². The first-order valence-electron chi connectivity index (χ1n) is 5.67. The van der Waals surface area contributed by atoms with Crippen molar-refractivity contribution in [1.29, 1.82) is 0 Å². The van der Waals surface area contributed by atoms with Crippen LogP contribution in [-0.4, -0.2) is 21.7 Å². The summed E-state index contributed by atoms with van der Waals surface area (Å²) in [5.74, 6) is -3.78. The van der Waals surface area contributed by atoms with E-state index in [1.807, 2.05) is 0 Å². The SMILES string of the molecule is CC(Cl)C(C)(C)NC(=O)c1c(F)ccc([N+](=O)[O-])c1F. The Balaban J connectivity index is 3.23. The van der Waals surface area contributed by atoms with E-state index >= 15 is 0 Å². The second-order valence-electron chi connectivity index (χ2n) is 4.80. The van der Waals surface area contributed by atoms with Gasteiger partial charge in [0.15, 0.2) is 0 Å². The number of carbonyl (C=O) groups is 1. The molecule has 0 heterocycles. The number of benzene rings is 1. The van der Waals surface area contributed by atoms with Crippen LogP contribution in [0.15, 0.2) is 12.1 Å². The maximum atomic E-state index is 13.8. The molecule has 0 spiro atoms. The van der Waals surface area contributed by atoms with Gasteiger partial charge in [0.05, 0.1) is 15.8 Å². The third-order valence-electron chi connectivity index (χ3n) is 2.92. The standard InChI is InChI=1S/C12H13ClF2N2O3/c1-6(13)12(2,3)16-11(18)9-7(14)4-5-8(10(9)15)17(19)20/h4-6H,1-3H3,(H,16,18). The minimum atomic E-state index is -1.51. The number of hydrogen-bond donors (Lipinski definition) is 1. The summed E-state index contributed by atoms with van der Waals surface area (Å²) in [6.45, 7) is 4.73. The lowest BCUT2D eigenvalue weighted by Crippen LogP contribution is -2.49. The molecular formula is C12H13ClF2N2O3. The molecule has 8 heteroatoms. The molecule has 1 amide bonds. The van der Waals surface area contributed by atoms with Gasteiger partial charge in [0.1, 0.15) is 11.4 Å². The summed E-state index contributed by atoms with van der Waals surface area (Å²) < 4.78 is 27.4. The van der Waals surface area contributed by atoms with Crippen molar-refractivity contribution in [2.45, 2.75) is 31.7 Å². The number of nitro benzene ring substituents is 1. The van der Waals surface area contributed by atoms with Crippen LogP contribution in [0.25, 0.3) is 0 Å². The average molecular weight is 307 g/mol. The third-order valence-corrected chi connectivity index (χ3v) is 3.47. The first-order valence-corrected chi connectivity index (χ1v) is 6.10. The summed E-state index contributed by atoms with van der Waals surface area (Å²) in [6.07, 6.45) is 0. The molecule has 1 aromatic carbocycles. The van der Waals surface area contributed by atoms with Gasteiger partial charge in [0, 0.05) is 6.07 Å². The fourth-order valence-electron chi connectivity index (χ4n) is 1.35. The summed E-state index contributed by atoms with van der Waals surface area (Å²) in [4.78, 5) is 21.5. The average Bonchev–Trinajstić information content (AvgIpc) is 2.27. The van der Waals surface area contributed by atoms with Gasteiger partial charge < -0.3 is 5.32 Å². The highest BCUT2D eigenvalue weighted by Gasteiger charge is 2.31. The van der Waals surface area contributed by atoms with Crippen LogP contribution in [-0.2, 0) is 0 Å². The lowest BCUT2D eigenvalue weighted by molar-refractivity contribution is -0.387. The Morgan fingerprint density at radius 1 is 1.45 bits per heavy atom. The highest BCUT2D eigenvalue weighted by Crippen LogP contribution is 2.24. The summed E-state index contributed by atoms with van der Waals surface area (Å²) in [6, 6.07) is 1.34. The van der Waals surface area contributed by atoms with Gasteiger partial charge in [-0.3, -0.25) is 14.9 Å². The van der Waals surface area contributed by atoms with Gasteiger partial charge in [0.2, 0.25) is 5.82 Å². The van der Waals surface area contributed by atoms with Crippen molar-refractivity contribution in [2.75, 3.05) is 0 Å². The van der Waals surface area contributed by atoms with Crippen LogP contribution < -0.4 is 5.32 Å². The Labute approximate surface area is 119 Å². The zero-order chi connectivity index (χ0) is 15.7. The molecule has 1 N–H and O–H groups in total. The quantitative estimate of drug-likeness (QED) is 0.528. The number of alkyl halides is 1. The van der Waals surface area contributed by atoms with Crippen LogP contribution in [0.3, 0.4) is 0 Å². The third kappa shape index (κ3) is 3.22. The Morgan fingerprint density at radius 2 is 2.00 bits per heavy atom. The number of amides is 1. The van der Waals surface area contributed by atoms with Crippen molar-refractivity contribution in [3.8, 4) is 0 Å². The van der Waals surface area contributed by atoms with Gasteiger partial charge in [0.25, 0.3) is 5.91 Å². The summed E-state index contributed by atoms with van der Waals surface area (Å²) in [7, 11) is 0. The maximum absolute atomic E-state index is 13.8. The lowest BCUT2D eigenvalue weighted by Gasteiger charge is -2.29. The molecule has 20 heavy (non-hydrogen) atoms. The molecule has 0 aromatic heterocycles. The number of nitrogens with one attached hydrogen (secondary N) is 1. The van der Waals surface area contributed by atoms with E-state index in [2.05, 4.69) is 5.32 Å². The normalized spacial score (nSPS) is 12.9. The van der Waals surface area contributed by atoms with Gasteiger partial charge in [-0.2, -0.15) is 4.39 Å². The molecule has 110 valence electrons. The van der Waals surface area contributed by atoms with Gasteiger partial charge in [-0.1, -0.05) is 0 Å². The van der Waals surface area contributed by atoms with Crippen molar-refractivity contribution >= 4 is 23.2 Å². The van der Waals surface area contributed by atoms with Gasteiger partial charge in [-0.05, 0) is 26.8 Å². The number of rotatable bonds is 4. The minimum absolute atomic E-state index is 0.517. The Morgan fingerprint density at radius 3 is 2.45 bits per heavy atom. The predicted octanol–water partition coefficient (Wildman–Crippen LogP) is 3.01. The summed E-state index contributed by atoms with van der Waals surface area (Å²) >= 11 is 5.85. The molecule has 0 saturated heterocycles. The van der Waals surface area contributed by atoms with E-state index in [0.717, 1.165) is 0 Å². The second kappa shape index (κ2) is 5.70. The number of nitro groups is 1. The van der Waals surface area contributed by atoms with Crippen molar-refractivity contribution in [1.82, 2.24) is 5.32 Å². The monoisotopic (exact) mass is 306 g/mol. The Hall–Kier alpha value is -1.76. The molecule has 1 unspecified atom stereocenters. The fraction of sp³-hybridized carbons (Fsp3) is 0.417. The first-order chi connectivity index (χ1) is 9.08. The lowest BCUT2D eigenvalue weighted by atomic mass is 10.0. The van der Waals surface area contributed by atoms with Crippen LogP contribution in [0.5, 0.6) is 0 Å². The molecule has 1 aromatic rings. The van der Waals surface area contributed by atoms with E-state index < -0.39 is 44.6 Å². The van der Waals surface area contributed by atoms with Crippen molar-refractivity contribution in [3.05, 3.63) is 39.4 Å². The molecule has 0 fully saturated rings. The van der Waals surface area contributed by atoms with Crippen LogP contribution >= 0.6 is 11.6 Å². The van der Waals surface area contributed by atoms with Crippen LogP contribution in [0.1, 0.15) is 31.1 Å². The molecule has 1 rings (SSSR count). The molecule has 5 nitrogen and oxygen atoms in total. The highest BCUT2D eigenvalue weighted by molar-refractivity contribution is 6.21. The Kier molecular flexibility index (Phi) is 4.65. The maximum Gasteiger partial charge on any atom is 0.305 e. The highest BCUT2D eigenvalue weighted by atomic mass is 35.5. The van der Waals surface area contributed by atoms with E-state index in [-0.39, 0.29) is 0 Å². The molecule has 0 radical (unpaired) electrons. The zero-order valence-corrected chi connectivity index (χ0v) is 11.8. The van der Waals surface area contributed by atoms with E-state index in [1.54, 1.807) is 20.8 Å². The molecular weight excluding hydrogens is 294 g/mol. The number of hydrogen-bond acceptors (Lipinski definition) is 3. The number of nitrogens with zero attached hydrogens (tertiary/aromatic N) is 1. The zero-order valence-electron chi connectivity index (χ0n) is 11.0. The molecule has 0 aliphatic heterocycles. The van der Waals surface area contributed by atoms with Crippen LogP contribution in [0.2, 0.25) is 0 Å². The molecule has 0 aliphatic rings. The predicted molar refractivity (Wildman–Crippen MR) is 69.9 cm³/mol. The smallest absolute Gasteiger partial charge is 0.305 e. The van der Waals surface area contributed by atoms with E-state index in [9.17, 15) is 23.7 Å². The topological polar surface area (TPSA) is 72.2 Å². The van der Waals surface area contributed by atoms with Gasteiger partial charge in [-0.15, -0.1) is 11.6 Å². The van der Waals surface area contributed by atoms with E-state index in [1.165, 1.54) is 0 Å². The minimum Gasteiger partial charge on any atom is -0.345 e. The molecule has 0 aliphatic carbocycles. The molecule has 0 bridgehead atoms.